The molecule has 2 aliphatic rings. The van der Waals surface area contributed by atoms with Crippen molar-refractivity contribution in [2.75, 3.05) is 0 Å². The molecule has 1 aliphatic heterocycles. The molecule has 3 rings (SSSR count). The Labute approximate surface area is 128 Å². The summed E-state index contributed by atoms with van der Waals surface area (Å²) in [6.07, 6.45) is -2.31. The third-order valence-corrected chi connectivity index (χ3v) is 4.63. The van der Waals surface area contributed by atoms with Gasteiger partial charge in [-0.25, -0.2) is 4.99 Å². The summed E-state index contributed by atoms with van der Waals surface area (Å²) >= 11 is 3.48. The van der Waals surface area contributed by atoms with Crippen molar-refractivity contribution in [2.24, 2.45) is 4.99 Å². The molecule has 0 bridgehead atoms. The molecule has 6 heteroatoms. The van der Waals surface area contributed by atoms with Crippen molar-refractivity contribution in [3.8, 4) is 6.07 Å². The lowest BCUT2D eigenvalue weighted by Crippen LogP contribution is -2.24. The Morgan fingerprint density at radius 2 is 2.05 bits per heavy atom. The van der Waals surface area contributed by atoms with Gasteiger partial charge in [-0.05, 0) is 42.9 Å². The lowest BCUT2D eigenvalue weighted by atomic mass is 9.86. The Balaban J connectivity index is 2.29. The van der Waals surface area contributed by atoms with Crippen molar-refractivity contribution in [1.29, 1.82) is 5.26 Å². The second-order valence-corrected chi connectivity index (χ2v) is 7.53. The molecule has 0 N–H and O–H groups in total. The van der Waals surface area contributed by atoms with E-state index in [1.54, 1.807) is 6.92 Å². The Kier molecular flexibility index (Phi) is 3.17. The first-order valence-corrected chi connectivity index (χ1v) is 7.44. The van der Waals surface area contributed by atoms with E-state index in [2.05, 4.69) is 20.9 Å². The first-order chi connectivity index (χ1) is 9.72. The zero-order valence-electron chi connectivity index (χ0n) is 11.3. The molecule has 0 aromatic heterocycles. The molecule has 110 valence electrons. The van der Waals surface area contributed by atoms with E-state index < -0.39 is 16.1 Å². The largest absolute Gasteiger partial charge is 0.418 e. The Morgan fingerprint density at radius 3 is 2.57 bits per heavy atom. The zero-order chi connectivity index (χ0) is 15.4. The minimum Gasteiger partial charge on any atom is -0.241 e. The molecule has 0 radical (unpaired) electrons. The molecule has 1 saturated carbocycles. The average Bonchev–Trinajstić information content (AvgIpc) is 3.20. The molecular formula is C15H12BrF3N2. The van der Waals surface area contributed by atoms with Crippen molar-refractivity contribution in [3.05, 3.63) is 28.8 Å². The summed E-state index contributed by atoms with van der Waals surface area (Å²) in [4.78, 5) is 3.95. The molecule has 2 nitrogen and oxygen atoms in total. The molecule has 0 spiro atoms. The topological polar surface area (TPSA) is 36.1 Å². The van der Waals surface area contributed by atoms with Gasteiger partial charge in [0.15, 0.2) is 0 Å². The van der Waals surface area contributed by atoms with Crippen molar-refractivity contribution in [2.45, 2.75) is 42.6 Å². The van der Waals surface area contributed by atoms with E-state index in [1.807, 2.05) is 12.1 Å². The highest BCUT2D eigenvalue weighted by Crippen LogP contribution is 2.52. The molecule has 1 fully saturated rings. The number of aliphatic imine (C=N–C) groups is 1. The molecular weight excluding hydrogens is 345 g/mol. The lowest BCUT2D eigenvalue weighted by Gasteiger charge is -2.30. The molecule has 1 aromatic carbocycles. The fraction of sp³-hybridized carbons (Fsp3) is 0.467. The van der Waals surface area contributed by atoms with Crippen molar-refractivity contribution in [3.63, 3.8) is 0 Å². The van der Waals surface area contributed by atoms with Gasteiger partial charge in [-0.2, -0.15) is 18.4 Å². The summed E-state index contributed by atoms with van der Waals surface area (Å²) in [6.45, 7) is 1.79. The Hall–Kier alpha value is -1.35. The summed E-state index contributed by atoms with van der Waals surface area (Å²) in [5.41, 5.74) is 0.515. The van der Waals surface area contributed by atoms with E-state index >= 15 is 0 Å². The van der Waals surface area contributed by atoms with Crippen LogP contribution in [0.15, 0.2) is 17.1 Å². The number of rotatable bonds is 1. The fourth-order valence-electron chi connectivity index (χ4n) is 2.69. The van der Waals surface area contributed by atoms with Crippen molar-refractivity contribution in [1.82, 2.24) is 0 Å². The second kappa shape index (κ2) is 4.57. The van der Waals surface area contributed by atoms with Crippen molar-refractivity contribution < 1.29 is 13.2 Å². The predicted octanol–water partition coefficient (Wildman–Crippen LogP) is 5.19. The van der Waals surface area contributed by atoms with E-state index in [1.165, 1.54) is 6.07 Å². The van der Waals surface area contributed by atoms with Gasteiger partial charge in [-0.15, -0.1) is 0 Å². The van der Waals surface area contributed by atoms with E-state index in [0.29, 0.717) is 12.0 Å². The predicted molar refractivity (Wildman–Crippen MR) is 77.0 cm³/mol. The summed E-state index contributed by atoms with van der Waals surface area (Å²) in [7, 11) is 0. The number of benzene rings is 1. The minimum absolute atomic E-state index is 0.117. The van der Waals surface area contributed by atoms with Crippen LogP contribution in [0.5, 0.6) is 0 Å². The van der Waals surface area contributed by atoms with Crippen molar-refractivity contribution >= 4 is 27.3 Å². The normalized spacial score (nSPS) is 25.0. The van der Waals surface area contributed by atoms with Crippen LogP contribution in [0.25, 0.3) is 0 Å². The smallest absolute Gasteiger partial charge is 0.241 e. The molecule has 1 unspecified atom stereocenters. The van der Waals surface area contributed by atoms with Gasteiger partial charge in [0.25, 0.3) is 0 Å². The van der Waals surface area contributed by atoms with Crippen LogP contribution in [0.3, 0.4) is 0 Å². The van der Waals surface area contributed by atoms with Gasteiger partial charge in [-0.3, -0.25) is 0 Å². The Morgan fingerprint density at radius 1 is 1.38 bits per heavy atom. The zero-order valence-corrected chi connectivity index (χ0v) is 12.8. The molecule has 21 heavy (non-hydrogen) atoms. The van der Waals surface area contributed by atoms with Gasteiger partial charge in [0.1, 0.15) is 11.8 Å². The lowest BCUT2D eigenvalue weighted by molar-refractivity contribution is -0.137. The number of halogens is 4. The maximum absolute atomic E-state index is 13.4. The minimum atomic E-state index is -4.47. The van der Waals surface area contributed by atoms with Crippen LogP contribution in [0.1, 0.15) is 48.8 Å². The monoisotopic (exact) mass is 356 g/mol. The van der Waals surface area contributed by atoms with Gasteiger partial charge < -0.3 is 0 Å². The molecule has 0 amide bonds. The van der Waals surface area contributed by atoms with Gasteiger partial charge in [0, 0.05) is 6.42 Å². The first-order valence-electron chi connectivity index (χ1n) is 6.64. The standard InChI is InChI=1S/C15H12BrF3N2/c1-14(16)6-10(7-20)21-13-11(14)4-9(8-2-3-8)5-12(13)15(17,18)19/h4-5,8H,2-3,6H2,1H3. The van der Waals surface area contributed by atoms with Crippen LogP contribution >= 0.6 is 15.9 Å². The molecule has 0 saturated heterocycles. The van der Waals surface area contributed by atoms with Crippen LogP contribution in [-0.2, 0) is 10.5 Å². The second-order valence-electron chi connectivity index (χ2n) is 5.78. The van der Waals surface area contributed by atoms with Crippen LogP contribution in [0, 0.1) is 11.3 Å². The molecule has 1 heterocycles. The highest BCUT2D eigenvalue weighted by atomic mass is 79.9. The highest BCUT2D eigenvalue weighted by Gasteiger charge is 2.42. The average molecular weight is 357 g/mol. The maximum Gasteiger partial charge on any atom is 0.418 e. The molecule has 1 aliphatic carbocycles. The van der Waals surface area contributed by atoms with E-state index in [0.717, 1.165) is 18.4 Å². The van der Waals surface area contributed by atoms with E-state index in [4.69, 9.17) is 5.26 Å². The summed E-state index contributed by atoms with van der Waals surface area (Å²) < 4.78 is 39.4. The van der Waals surface area contributed by atoms with Crippen LogP contribution in [0.4, 0.5) is 18.9 Å². The SMILES string of the molecule is CC1(Br)CC(C#N)=Nc2c(C(F)(F)F)cc(C3CC3)cc21. The number of fused-ring (bicyclic) bond motifs is 1. The summed E-state index contributed by atoms with van der Waals surface area (Å²) in [5, 5.41) is 9.01. The number of hydrogen-bond acceptors (Lipinski definition) is 2. The third kappa shape index (κ3) is 2.59. The van der Waals surface area contributed by atoms with Crippen LogP contribution in [-0.4, -0.2) is 5.71 Å². The van der Waals surface area contributed by atoms with Crippen LogP contribution in [0.2, 0.25) is 0 Å². The highest BCUT2D eigenvalue weighted by molar-refractivity contribution is 9.09. The number of nitrogens with zero attached hydrogens (tertiary/aromatic N) is 2. The fourth-order valence-corrected chi connectivity index (χ4v) is 3.26. The third-order valence-electron chi connectivity index (χ3n) is 3.92. The van der Waals surface area contributed by atoms with Crippen LogP contribution < -0.4 is 0 Å². The maximum atomic E-state index is 13.4. The van der Waals surface area contributed by atoms with Gasteiger partial charge in [0.05, 0.1) is 15.6 Å². The quantitative estimate of drug-likeness (QED) is 0.637. The molecule has 1 atom stereocenters. The summed E-state index contributed by atoms with van der Waals surface area (Å²) in [6, 6.07) is 4.89. The van der Waals surface area contributed by atoms with E-state index in [9.17, 15) is 13.2 Å². The molecule has 1 aromatic rings. The number of nitriles is 1. The van der Waals surface area contributed by atoms with Gasteiger partial charge in [-0.1, -0.05) is 22.0 Å². The first kappa shape index (κ1) is 14.6. The number of alkyl halides is 4. The summed E-state index contributed by atoms with van der Waals surface area (Å²) in [5.74, 6) is 0.223. The number of hydrogen-bond donors (Lipinski definition) is 0. The van der Waals surface area contributed by atoms with E-state index in [-0.39, 0.29) is 17.3 Å². The van der Waals surface area contributed by atoms with Gasteiger partial charge >= 0.3 is 6.18 Å². The van der Waals surface area contributed by atoms with Gasteiger partial charge in [0.2, 0.25) is 0 Å². The Bertz CT molecular complexity index is 679.